The summed E-state index contributed by atoms with van der Waals surface area (Å²) in [7, 11) is 1.72. The van der Waals surface area contributed by atoms with Crippen LogP contribution in [0, 0.1) is 5.92 Å². The standard InChI is InChI=1S/C16H25NO2/c1-3-8-17-16(10-13-7-9-19-12-13)14-5-4-6-15(11-14)18-2/h4-6,11,13,16-17H,3,7-10,12H2,1-2H3. The molecule has 0 aliphatic carbocycles. The number of ether oxygens (including phenoxy) is 2. The number of hydrogen-bond acceptors (Lipinski definition) is 3. The number of methoxy groups -OCH3 is 1. The first-order valence-electron chi connectivity index (χ1n) is 7.28. The molecular formula is C16H25NO2. The first-order valence-corrected chi connectivity index (χ1v) is 7.28. The second-order valence-corrected chi connectivity index (χ2v) is 5.25. The summed E-state index contributed by atoms with van der Waals surface area (Å²) in [6.07, 6.45) is 3.49. The minimum absolute atomic E-state index is 0.404. The minimum atomic E-state index is 0.404. The molecule has 1 aromatic carbocycles. The van der Waals surface area contributed by atoms with E-state index < -0.39 is 0 Å². The third kappa shape index (κ3) is 4.22. The third-order valence-corrected chi connectivity index (χ3v) is 3.73. The lowest BCUT2D eigenvalue weighted by molar-refractivity contribution is 0.181. The van der Waals surface area contributed by atoms with E-state index in [2.05, 4.69) is 30.4 Å². The molecule has 0 saturated carbocycles. The van der Waals surface area contributed by atoms with Crippen molar-refractivity contribution in [3.05, 3.63) is 29.8 Å². The minimum Gasteiger partial charge on any atom is -0.497 e. The second-order valence-electron chi connectivity index (χ2n) is 5.25. The Bertz CT molecular complexity index is 375. The van der Waals surface area contributed by atoms with E-state index in [0.29, 0.717) is 12.0 Å². The molecule has 2 atom stereocenters. The SMILES string of the molecule is CCCNC(CC1CCOC1)c1cccc(OC)c1. The molecule has 1 aliphatic heterocycles. The fraction of sp³-hybridized carbons (Fsp3) is 0.625. The summed E-state index contributed by atoms with van der Waals surface area (Å²) in [5, 5.41) is 3.65. The van der Waals surface area contributed by atoms with Gasteiger partial charge in [0, 0.05) is 19.3 Å². The average molecular weight is 263 g/mol. The zero-order valence-electron chi connectivity index (χ0n) is 12.0. The Labute approximate surface area is 116 Å². The molecule has 3 heteroatoms. The lowest BCUT2D eigenvalue weighted by atomic mass is 9.94. The molecule has 19 heavy (non-hydrogen) atoms. The van der Waals surface area contributed by atoms with Crippen LogP contribution in [0.1, 0.15) is 37.8 Å². The predicted molar refractivity (Wildman–Crippen MR) is 77.6 cm³/mol. The largest absolute Gasteiger partial charge is 0.497 e. The molecule has 106 valence electrons. The molecule has 2 rings (SSSR count). The first kappa shape index (κ1) is 14.4. The number of benzene rings is 1. The summed E-state index contributed by atoms with van der Waals surface area (Å²) in [6.45, 7) is 5.08. The molecule has 0 aromatic heterocycles. The lowest BCUT2D eigenvalue weighted by Gasteiger charge is -2.22. The van der Waals surface area contributed by atoms with Crippen molar-refractivity contribution in [2.24, 2.45) is 5.92 Å². The highest BCUT2D eigenvalue weighted by atomic mass is 16.5. The smallest absolute Gasteiger partial charge is 0.119 e. The molecule has 1 aliphatic rings. The number of hydrogen-bond donors (Lipinski definition) is 1. The summed E-state index contributed by atoms with van der Waals surface area (Å²) in [5.74, 6) is 1.61. The topological polar surface area (TPSA) is 30.5 Å². The van der Waals surface area contributed by atoms with Gasteiger partial charge in [0.15, 0.2) is 0 Å². The van der Waals surface area contributed by atoms with Gasteiger partial charge in [-0.15, -0.1) is 0 Å². The number of nitrogens with one attached hydrogen (secondary N) is 1. The molecule has 1 aromatic rings. The predicted octanol–water partition coefficient (Wildman–Crippen LogP) is 3.16. The van der Waals surface area contributed by atoms with Gasteiger partial charge in [-0.1, -0.05) is 19.1 Å². The molecule has 1 heterocycles. The summed E-state index contributed by atoms with van der Waals surface area (Å²) >= 11 is 0. The van der Waals surface area contributed by atoms with Crippen molar-refractivity contribution in [2.75, 3.05) is 26.9 Å². The van der Waals surface area contributed by atoms with Crippen molar-refractivity contribution in [2.45, 2.75) is 32.2 Å². The van der Waals surface area contributed by atoms with Crippen LogP contribution in [0.2, 0.25) is 0 Å². The van der Waals surface area contributed by atoms with E-state index in [9.17, 15) is 0 Å². The van der Waals surface area contributed by atoms with Gasteiger partial charge in [-0.2, -0.15) is 0 Å². The van der Waals surface area contributed by atoms with Gasteiger partial charge in [0.2, 0.25) is 0 Å². The molecule has 2 unspecified atom stereocenters. The maximum Gasteiger partial charge on any atom is 0.119 e. The van der Waals surface area contributed by atoms with E-state index in [-0.39, 0.29) is 0 Å². The number of rotatable bonds is 7. The molecule has 1 saturated heterocycles. The van der Waals surface area contributed by atoms with Crippen molar-refractivity contribution >= 4 is 0 Å². The van der Waals surface area contributed by atoms with Crippen LogP contribution in [0.5, 0.6) is 5.75 Å². The van der Waals surface area contributed by atoms with E-state index in [1.165, 1.54) is 12.0 Å². The van der Waals surface area contributed by atoms with E-state index in [0.717, 1.165) is 38.3 Å². The van der Waals surface area contributed by atoms with Crippen LogP contribution in [0.3, 0.4) is 0 Å². The second kappa shape index (κ2) is 7.51. The maximum absolute atomic E-state index is 5.49. The van der Waals surface area contributed by atoms with E-state index >= 15 is 0 Å². The van der Waals surface area contributed by atoms with Crippen LogP contribution in [0.4, 0.5) is 0 Å². The van der Waals surface area contributed by atoms with E-state index in [4.69, 9.17) is 9.47 Å². The Morgan fingerprint density at radius 3 is 3.05 bits per heavy atom. The van der Waals surface area contributed by atoms with Crippen molar-refractivity contribution in [3.8, 4) is 5.75 Å². The Hall–Kier alpha value is -1.06. The summed E-state index contributed by atoms with van der Waals surface area (Å²) in [6, 6.07) is 8.80. The van der Waals surface area contributed by atoms with Crippen molar-refractivity contribution in [3.63, 3.8) is 0 Å². The van der Waals surface area contributed by atoms with Gasteiger partial charge in [0.1, 0.15) is 5.75 Å². The summed E-state index contributed by atoms with van der Waals surface area (Å²) in [4.78, 5) is 0. The highest BCUT2D eigenvalue weighted by molar-refractivity contribution is 5.30. The monoisotopic (exact) mass is 263 g/mol. The van der Waals surface area contributed by atoms with Crippen LogP contribution in [-0.4, -0.2) is 26.9 Å². The molecule has 1 N–H and O–H groups in total. The van der Waals surface area contributed by atoms with Gasteiger partial charge in [-0.25, -0.2) is 0 Å². The van der Waals surface area contributed by atoms with Crippen LogP contribution in [0.15, 0.2) is 24.3 Å². The molecule has 0 radical (unpaired) electrons. The van der Waals surface area contributed by atoms with E-state index in [1.807, 2.05) is 6.07 Å². The van der Waals surface area contributed by atoms with E-state index in [1.54, 1.807) is 7.11 Å². The highest BCUT2D eigenvalue weighted by Crippen LogP contribution is 2.28. The van der Waals surface area contributed by atoms with Gasteiger partial charge >= 0.3 is 0 Å². The highest BCUT2D eigenvalue weighted by Gasteiger charge is 2.21. The third-order valence-electron chi connectivity index (χ3n) is 3.73. The van der Waals surface area contributed by atoms with Crippen LogP contribution < -0.4 is 10.1 Å². The van der Waals surface area contributed by atoms with Crippen LogP contribution in [-0.2, 0) is 4.74 Å². The summed E-state index contributed by atoms with van der Waals surface area (Å²) in [5.41, 5.74) is 1.32. The fourth-order valence-electron chi connectivity index (χ4n) is 2.62. The zero-order chi connectivity index (χ0) is 13.5. The van der Waals surface area contributed by atoms with Crippen LogP contribution in [0.25, 0.3) is 0 Å². The molecule has 0 amide bonds. The fourth-order valence-corrected chi connectivity index (χ4v) is 2.62. The van der Waals surface area contributed by atoms with Gasteiger partial charge < -0.3 is 14.8 Å². The maximum atomic E-state index is 5.49. The summed E-state index contributed by atoms with van der Waals surface area (Å²) < 4.78 is 10.8. The Morgan fingerprint density at radius 2 is 2.37 bits per heavy atom. The molecule has 3 nitrogen and oxygen atoms in total. The Morgan fingerprint density at radius 1 is 1.47 bits per heavy atom. The Kier molecular flexibility index (Phi) is 5.67. The zero-order valence-corrected chi connectivity index (χ0v) is 12.0. The molecule has 0 bridgehead atoms. The van der Waals surface area contributed by atoms with Crippen molar-refractivity contribution in [1.82, 2.24) is 5.32 Å². The molecular weight excluding hydrogens is 238 g/mol. The average Bonchev–Trinajstić information content (AvgIpc) is 2.96. The van der Waals surface area contributed by atoms with Gasteiger partial charge in [0.25, 0.3) is 0 Å². The molecule has 0 spiro atoms. The van der Waals surface area contributed by atoms with Gasteiger partial charge in [-0.3, -0.25) is 0 Å². The van der Waals surface area contributed by atoms with Gasteiger partial charge in [-0.05, 0) is 49.4 Å². The normalized spacial score (nSPS) is 20.4. The van der Waals surface area contributed by atoms with Crippen molar-refractivity contribution < 1.29 is 9.47 Å². The lowest BCUT2D eigenvalue weighted by Crippen LogP contribution is -2.24. The first-order chi connectivity index (χ1) is 9.33. The van der Waals surface area contributed by atoms with Gasteiger partial charge in [0.05, 0.1) is 7.11 Å². The Balaban J connectivity index is 2.05. The quantitative estimate of drug-likeness (QED) is 0.819. The van der Waals surface area contributed by atoms with Crippen molar-refractivity contribution in [1.29, 1.82) is 0 Å². The molecule has 1 fully saturated rings. The van der Waals surface area contributed by atoms with Crippen LogP contribution >= 0.6 is 0 Å².